The van der Waals surface area contributed by atoms with Crippen LogP contribution < -0.4 is 10.5 Å². The number of urea groups is 1. The van der Waals surface area contributed by atoms with E-state index in [1.807, 2.05) is 6.92 Å². The quantitative estimate of drug-likeness (QED) is 0.852. The molecule has 1 fully saturated rings. The topological polar surface area (TPSA) is 110 Å². The number of benzene rings is 1. The first-order valence-electron chi connectivity index (χ1n) is 7.50. The van der Waals surface area contributed by atoms with E-state index in [2.05, 4.69) is 5.32 Å². The molecule has 0 aromatic heterocycles. The monoisotopic (exact) mass is 339 g/mol. The van der Waals surface area contributed by atoms with Crippen molar-refractivity contribution in [3.63, 3.8) is 0 Å². The molecule has 126 valence electrons. The maximum Gasteiger partial charge on any atom is 0.324 e. The third-order valence-electron chi connectivity index (χ3n) is 3.73. The molecule has 1 unspecified atom stereocenters. The molecule has 7 nitrogen and oxygen atoms in total. The average Bonchev–Trinajstić information content (AvgIpc) is 2.47. The Kier molecular flexibility index (Phi) is 5.38. The Morgan fingerprint density at radius 2 is 1.96 bits per heavy atom. The van der Waals surface area contributed by atoms with Gasteiger partial charge in [0.2, 0.25) is 15.9 Å². The van der Waals surface area contributed by atoms with E-state index in [0.717, 1.165) is 18.4 Å². The maximum absolute atomic E-state index is 12.1. The minimum absolute atomic E-state index is 0.0526. The van der Waals surface area contributed by atoms with Crippen LogP contribution in [-0.4, -0.2) is 37.8 Å². The molecule has 0 aliphatic carbocycles. The highest BCUT2D eigenvalue weighted by Gasteiger charge is 2.25. The number of nitrogens with two attached hydrogens (primary N) is 1. The summed E-state index contributed by atoms with van der Waals surface area (Å²) in [5.74, 6) is -0.140. The molecule has 1 aromatic carbocycles. The Balaban J connectivity index is 1.92. The van der Waals surface area contributed by atoms with Gasteiger partial charge in [0.1, 0.15) is 0 Å². The number of rotatable bonds is 4. The molecule has 1 heterocycles. The predicted molar refractivity (Wildman–Crippen MR) is 85.1 cm³/mol. The van der Waals surface area contributed by atoms with Gasteiger partial charge in [-0.25, -0.2) is 18.4 Å². The van der Waals surface area contributed by atoms with E-state index in [9.17, 15) is 18.0 Å². The van der Waals surface area contributed by atoms with Gasteiger partial charge in [-0.15, -0.1) is 0 Å². The van der Waals surface area contributed by atoms with Gasteiger partial charge in [0.15, 0.2) is 0 Å². The fourth-order valence-corrected chi connectivity index (χ4v) is 3.04. The number of likely N-dealkylation sites (tertiary alicyclic amines) is 1. The fraction of sp³-hybridized carbons (Fsp3) is 0.467. The lowest BCUT2D eigenvalue weighted by Crippen LogP contribution is -2.49. The summed E-state index contributed by atoms with van der Waals surface area (Å²) in [5, 5.41) is 7.84. The van der Waals surface area contributed by atoms with E-state index in [1.54, 1.807) is 12.1 Å². The molecule has 1 aliphatic rings. The summed E-state index contributed by atoms with van der Waals surface area (Å²) in [5.41, 5.74) is 0.871. The second-order valence-electron chi connectivity index (χ2n) is 5.75. The highest BCUT2D eigenvalue weighted by atomic mass is 32.2. The maximum atomic E-state index is 12.1. The molecule has 0 saturated carbocycles. The van der Waals surface area contributed by atoms with Crippen molar-refractivity contribution >= 4 is 22.0 Å². The Labute approximate surface area is 135 Å². The zero-order valence-corrected chi connectivity index (χ0v) is 13.8. The van der Waals surface area contributed by atoms with Gasteiger partial charge >= 0.3 is 6.03 Å². The van der Waals surface area contributed by atoms with Gasteiger partial charge < -0.3 is 5.32 Å². The number of imide groups is 1. The lowest BCUT2D eigenvalue weighted by atomic mass is 10.1. The molecule has 1 atom stereocenters. The number of carbonyl (C=O) groups is 2. The number of carbonyl (C=O) groups excluding carboxylic acids is 2. The molecule has 0 radical (unpaired) electrons. The second kappa shape index (κ2) is 7.10. The number of nitrogens with one attached hydrogen (secondary N) is 1. The molecule has 1 aromatic rings. The molecule has 8 heteroatoms. The van der Waals surface area contributed by atoms with E-state index in [0.29, 0.717) is 19.4 Å². The molecular weight excluding hydrogens is 318 g/mol. The van der Waals surface area contributed by atoms with Crippen molar-refractivity contribution < 1.29 is 18.0 Å². The summed E-state index contributed by atoms with van der Waals surface area (Å²) in [6.07, 6.45) is 2.60. The molecule has 1 aliphatic heterocycles. The van der Waals surface area contributed by atoms with Crippen LogP contribution in [-0.2, 0) is 21.2 Å². The molecule has 3 amide bonds. The van der Waals surface area contributed by atoms with Gasteiger partial charge in [0, 0.05) is 19.0 Å². The summed E-state index contributed by atoms with van der Waals surface area (Å²) in [7, 11) is -3.70. The number of sulfonamides is 1. The van der Waals surface area contributed by atoms with Crippen LogP contribution in [0.15, 0.2) is 29.2 Å². The van der Waals surface area contributed by atoms with Crippen molar-refractivity contribution in [1.29, 1.82) is 0 Å². The normalized spacial score (nSPS) is 17.0. The van der Waals surface area contributed by atoms with Crippen molar-refractivity contribution in [2.24, 2.45) is 5.14 Å². The van der Waals surface area contributed by atoms with Crippen molar-refractivity contribution in [3.8, 4) is 0 Å². The van der Waals surface area contributed by atoms with Crippen molar-refractivity contribution in [2.75, 3.05) is 6.54 Å². The zero-order valence-electron chi connectivity index (χ0n) is 13.0. The van der Waals surface area contributed by atoms with Crippen molar-refractivity contribution in [2.45, 2.75) is 43.5 Å². The molecule has 1 saturated heterocycles. The van der Waals surface area contributed by atoms with Crippen LogP contribution in [0.1, 0.15) is 31.7 Å². The summed E-state index contributed by atoms with van der Waals surface area (Å²) in [4.78, 5) is 25.1. The molecule has 23 heavy (non-hydrogen) atoms. The van der Waals surface area contributed by atoms with Gasteiger partial charge in [-0.1, -0.05) is 12.1 Å². The SMILES string of the molecule is CC(Cc1ccc(S(N)(=O)=O)cc1)NC(=O)N1CCCCC1=O. The summed E-state index contributed by atoms with van der Waals surface area (Å²) >= 11 is 0. The first-order valence-corrected chi connectivity index (χ1v) is 9.04. The predicted octanol–water partition coefficient (Wildman–Crippen LogP) is 0.987. The van der Waals surface area contributed by atoms with E-state index in [4.69, 9.17) is 5.14 Å². The number of piperidine rings is 1. The van der Waals surface area contributed by atoms with Gasteiger partial charge in [0.05, 0.1) is 4.90 Å². The second-order valence-corrected chi connectivity index (χ2v) is 7.31. The summed E-state index contributed by atoms with van der Waals surface area (Å²) in [6.45, 7) is 2.29. The van der Waals surface area contributed by atoms with Gasteiger partial charge in [0.25, 0.3) is 0 Å². The number of hydrogen-bond donors (Lipinski definition) is 2. The smallest absolute Gasteiger partial charge is 0.324 e. The largest absolute Gasteiger partial charge is 0.335 e. The minimum Gasteiger partial charge on any atom is -0.335 e. The summed E-state index contributed by atoms with van der Waals surface area (Å²) in [6, 6.07) is 5.64. The van der Waals surface area contributed by atoms with Gasteiger partial charge in [-0.3, -0.25) is 9.69 Å². The first-order chi connectivity index (χ1) is 10.8. The Bertz CT molecular complexity index is 685. The number of amides is 3. The van der Waals surface area contributed by atoms with Crippen molar-refractivity contribution in [3.05, 3.63) is 29.8 Å². The third kappa shape index (κ3) is 4.77. The van der Waals surface area contributed by atoms with E-state index in [-0.39, 0.29) is 22.9 Å². The van der Waals surface area contributed by atoms with Crippen LogP contribution in [0.4, 0.5) is 4.79 Å². The third-order valence-corrected chi connectivity index (χ3v) is 4.66. The van der Waals surface area contributed by atoms with E-state index < -0.39 is 10.0 Å². The Hall–Kier alpha value is -1.93. The van der Waals surface area contributed by atoms with E-state index in [1.165, 1.54) is 17.0 Å². The fourth-order valence-electron chi connectivity index (χ4n) is 2.53. The Morgan fingerprint density at radius 1 is 1.30 bits per heavy atom. The first kappa shape index (κ1) is 17.4. The lowest BCUT2D eigenvalue weighted by Gasteiger charge is -2.26. The highest BCUT2D eigenvalue weighted by molar-refractivity contribution is 7.89. The zero-order chi connectivity index (χ0) is 17.0. The number of hydrogen-bond acceptors (Lipinski definition) is 4. The molecule has 0 spiro atoms. The highest BCUT2D eigenvalue weighted by Crippen LogP contribution is 2.12. The standard InChI is InChI=1S/C15H21N3O4S/c1-11(17-15(20)18-9-3-2-4-14(18)19)10-12-5-7-13(8-6-12)23(16,21)22/h5-8,11H,2-4,9-10H2,1H3,(H,17,20)(H2,16,21,22). The van der Waals surface area contributed by atoms with Crippen LogP contribution in [0.3, 0.4) is 0 Å². The van der Waals surface area contributed by atoms with Crippen LogP contribution in [0.25, 0.3) is 0 Å². The average molecular weight is 339 g/mol. The van der Waals surface area contributed by atoms with Gasteiger partial charge in [-0.2, -0.15) is 0 Å². The van der Waals surface area contributed by atoms with E-state index >= 15 is 0 Å². The molecular formula is C15H21N3O4S. The van der Waals surface area contributed by atoms with Crippen LogP contribution >= 0.6 is 0 Å². The number of nitrogens with zero attached hydrogens (tertiary/aromatic N) is 1. The number of primary sulfonamides is 1. The molecule has 2 rings (SSSR count). The minimum atomic E-state index is -3.70. The van der Waals surface area contributed by atoms with Crippen LogP contribution in [0, 0.1) is 0 Å². The van der Waals surface area contributed by atoms with Crippen molar-refractivity contribution in [1.82, 2.24) is 10.2 Å². The van der Waals surface area contributed by atoms with Crippen LogP contribution in [0.2, 0.25) is 0 Å². The van der Waals surface area contributed by atoms with Crippen LogP contribution in [0.5, 0.6) is 0 Å². The lowest BCUT2D eigenvalue weighted by molar-refractivity contribution is -0.130. The van der Waals surface area contributed by atoms with Gasteiger partial charge in [-0.05, 0) is 43.9 Å². The molecule has 3 N–H and O–H groups in total. The Morgan fingerprint density at radius 3 is 2.52 bits per heavy atom. The summed E-state index contributed by atoms with van der Waals surface area (Å²) < 4.78 is 22.4. The molecule has 0 bridgehead atoms.